The number of hydrogen-bond donors (Lipinski definition) is 0. The number of hydrogen-bond acceptors (Lipinski definition) is 2. The first-order chi connectivity index (χ1) is 10.2. The van der Waals surface area contributed by atoms with Crippen molar-refractivity contribution in [3.05, 3.63) is 0 Å². The minimum Gasteiger partial charge on any atom is -0.195 e. The van der Waals surface area contributed by atoms with E-state index in [9.17, 15) is 8.42 Å². The van der Waals surface area contributed by atoms with Gasteiger partial charge in [0.15, 0.2) is 0 Å². The Morgan fingerprint density at radius 1 is 0.909 bits per heavy atom. The van der Waals surface area contributed by atoms with Gasteiger partial charge in [0.25, 0.3) is 10.2 Å². The quantitative estimate of drug-likeness (QED) is 0.792. The van der Waals surface area contributed by atoms with Crippen molar-refractivity contribution in [3.8, 4) is 0 Å². The molecule has 0 unspecified atom stereocenters. The largest absolute Gasteiger partial charge is 0.281 e. The molecule has 2 rings (SSSR count). The van der Waals surface area contributed by atoms with E-state index in [-0.39, 0.29) is 11.5 Å². The van der Waals surface area contributed by atoms with Gasteiger partial charge in [0.2, 0.25) is 0 Å². The fourth-order valence-corrected chi connectivity index (χ4v) is 5.63. The Kier molecular flexibility index (Phi) is 5.95. The molecule has 0 aromatic heterocycles. The highest BCUT2D eigenvalue weighted by Gasteiger charge is 2.35. The summed E-state index contributed by atoms with van der Waals surface area (Å²) in [5, 5.41) is 0. The van der Waals surface area contributed by atoms with Crippen LogP contribution in [0.4, 0.5) is 0 Å². The zero-order valence-corrected chi connectivity index (χ0v) is 15.7. The van der Waals surface area contributed by atoms with E-state index in [1.165, 1.54) is 6.42 Å². The molecule has 2 aliphatic rings. The molecule has 1 saturated heterocycles. The molecule has 0 N–H and O–H groups in total. The van der Waals surface area contributed by atoms with E-state index in [4.69, 9.17) is 0 Å². The highest BCUT2D eigenvalue weighted by Crippen LogP contribution is 2.35. The van der Waals surface area contributed by atoms with Gasteiger partial charge in [-0.3, -0.25) is 0 Å². The second-order valence-electron chi connectivity index (χ2n) is 8.21. The fraction of sp³-hybridized carbons (Fsp3) is 1.00. The first-order valence-corrected chi connectivity index (χ1v) is 10.4. The Balaban J connectivity index is 2.02. The van der Waals surface area contributed by atoms with Crippen molar-refractivity contribution in [1.82, 2.24) is 8.61 Å². The van der Waals surface area contributed by atoms with Gasteiger partial charge in [0.05, 0.1) is 0 Å². The van der Waals surface area contributed by atoms with Crippen LogP contribution in [0.2, 0.25) is 0 Å². The van der Waals surface area contributed by atoms with Crippen molar-refractivity contribution < 1.29 is 8.42 Å². The molecule has 130 valence electrons. The maximum atomic E-state index is 12.9. The lowest BCUT2D eigenvalue weighted by atomic mass is 9.77. The molecule has 4 nitrogen and oxygen atoms in total. The van der Waals surface area contributed by atoms with E-state index < -0.39 is 10.2 Å². The van der Waals surface area contributed by atoms with Crippen LogP contribution in [0.1, 0.15) is 72.1 Å². The fourth-order valence-electron chi connectivity index (χ4n) is 3.98. The molecule has 1 atom stereocenters. The molecule has 0 spiro atoms. The molecule has 5 heteroatoms. The summed E-state index contributed by atoms with van der Waals surface area (Å²) in [7, 11) is -1.50. The lowest BCUT2D eigenvalue weighted by Gasteiger charge is -2.34. The first kappa shape index (κ1) is 18.2. The average Bonchev–Trinajstić information content (AvgIpc) is 2.73. The van der Waals surface area contributed by atoms with Gasteiger partial charge in [-0.15, -0.1) is 0 Å². The van der Waals surface area contributed by atoms with Crippen molar-refractivity contribution >= 4 is 10.2 Å². The van der Waals surface area contributed by atoms with E-state index in [0.717, 1.165) is 44.9 Å². The van der Waals surface area contributed by atoms with E-state index in [1.807, 2.05) is 0 Å². The zero-order valence-electron chi connectivity index (χ0n) is 14.8. The summed E-state index contributed by atoms with van der Waals surface area (Å²) in [6, 6.07) is 0.209. The average molecular weight is 331 g/mol. The van der Waals surface area contributed by atoms with Gasteiger partial charge >= 0.3 is 0 Å². The highest BCUT2D eigenvalue weighted by atomic mass is 32.2. The molecule has 0 bridgehead atoms. The third-order valence-electron chi connectivity index (χ3n) is 5.69. The van der Waals surface area contributed by atoms with Crippen LogP contribution >= 0.6 is 0 Å². The van der Waals surface area contributed by atoms with Crippen molar-refractivity contribution in [2.45, 2.75) is 78.2 Å². The van der Waals surface area contributed by atoms with Crippen LogP contribution < -0.4 is 0 Å². The lowest BCUT2D eigenvalue weighted by Crippen LogP contribution is -2.47. The van der Waals surface area contributed by atoms with E-state index in [0.29, 0.717) is 19.0 Å². The Hall–Kier alpha value is -0.130. The van der Waals surface area contributed by atoms with Crippen molar-refractivity contribution in [2.24, 2.45) is 11.3 Å². The van der Waals surface area contributed by atoms with Gasteiger partial charge < -0.3 is 0 Å². The Morgan fingerprint density at radius 3 is 2.14 bits per heavy atom. The molecule has 1 aliphatic carbocycles. The van der Waals surface area contributed by atoms with Gasteiger partial charge in [0.1, 0.15) is 0 Å². The van der Waals surface area contributed by atoms with Crippen LogP contribution in [0.5, 0.6) is 0 Å². The van der Waals surface area contributed by atoms with E-state index >= 15 is 0 Å². The second kappa shape index (κ2) is 7.18. The van der Waals surface area contributed by atoms with Crippen LogP contribution in [-0.2, 0) is 10.2 Å². The van der Waals surface area contributed by atoms with E-state index in [2.05, 4.69) is 20.8 Å². The van der Waals surface area contributed by atoms with Crippen LogP contribution in [0, 0.1) is 11.3 Å². The third kappa shape index (κ3) is 4.24. The van der Waals surface area contributed by atoms with Crippen molar-refractivity contribution in [3.63, 3.8) is 0 Å². The van der Waals surface area contributed by atoms with Crippen molar-refractivity contribution in [1.29, 1.82) is 0 Å². The Labute approximate surface area is 137 Å². The monoisotopic (exact) mass is 330 g/mol. The van der Waals surface area contributed by atoms with Gasteiger partial charge in [-0.05, 0) is 43.4 Å². The molecular formula is C17H34N2O2S. The summed E-state index contributed by atoms with van der Waals surface area (Å²) >= 11 is 0. The van der Waals surface area contributed by atoms with Crippen LogP contribution in [0.25, 0.3) is 0 Å². The molecule has 1 heterocycles. The Morgan fingerprint density at radius 2 is 1.55 bits per heavy atom. The summed E-state index contributed by atoms with van der Waals surface area (Å²) in [5.74, 6) is 0.618. The predicted molar refractivity (Wildman–Crippen MR) is 91.9 cm³/mol. The third-order valence-corrected chi connectivity index (χ3v) is 7.73. The second-order valence-corrected chi connectivity index (χ2v) is 10.2. The Bertz CT molecular complexity index is 450. The number of rotatable bonds is 3. The molecule has 2 fully saturated rings. The highest BCUT2D eigenvalue weighted by molar-refractivity contribution is 7.86. The summed E-state index contributed by atoms with van der Waals surface area (Å²) in [4.78, 5) is 0. The van der Waals surface area contributed by atoms with Gasteiger partial charge in [0, 0.05) is 26.2 Å². The lowest BCUT2D eigenvalue weighted by molar-refractivity contribution is 0.215. The molecule has 1 saturated carbocycles. The van der Waals surface area contributed by atoms with Crippen LogP contribution in [-0.4, -0.2) is 43.2 Å². The molecule has 1 aliphatic heterocycles. The molecule has 0 aromatic rings. The SMILES string of the molecule is CN(C1CCCCC1)S(=O)(=O)N1CCC[C@@H](C(C)(C)C)CC1. The minimum atomic E-state index is -3.29. The topological polar surface area (TPSA) is 40.6 Å². The van der Waals surface area contributed by atoms with Crippen LogP contribution in [0.3, 0.4) is 0 Å². The molecule has 0 radical (unpaired) electrons. The molecule has 0 aromatic carbocycles. The molecule has 0 amide bonds. The summed E-state index contributed by atoms with van der Waals surface area (Å²) in [6.07, 6.45) is 8.74. The summed E-state index contributed by atoms with van der Waals surface area (Å²) in [5.41, 5.74) is 0.273. The van der Waals surface area contributed by atoms with Crippen LogP contribution in [0.15, 0.2) is 0 Å². The zero-order chi connectivity index (χ0) is 16.4. The number of nitrogens with zero attached hydrogens (tertiary/aromatic N) is 2. The van der Waals surface area contributed by atoms with Gasteiger partial charge in [-0.1, -0.05) is 40.0 Å². The van der Waals surface area contributed by atoms with Crippen molar-refractivity contribution in [2.75, 3.05) is 20.1 Å². The maximum absolute atomic E-state index is 12.9. The standard InChI is InChI=1S/C17H34N2O2S/c1-17(2,3)15-9-8-13-19(14-12-15)22(20,21)18(4)16-10-6-5-7-11-16/h15-16H,5-14H2,1-4H3/t15-/m1/s1. The smallest absolute Gasteiger partial charge is 0.195 e. The normalized spacial score (nSPS) is 27.0. The molecule has 22 heavy (non-hydrogen) atoms. The predicted octanol–water partition coefficient (Wildman–Crippen LogP) is 3.64. The van der Waals surface area contributed by atoms with E-state index in [1.54, 1.807) is 15.7 Å². The van der Waals surface area contributed by atoms with Gasteiger partial charge in [-0.2, -0.15) is 17.0 Å². The maximum Gasteiger partial charge on any atom is 0.281 e. The summed E-state index contributed by atoms with van der Waals surface area (Å²) < 4.78 is 29.3. The summed E-state index contributed by atoms with van der Waals surface area (Å²) in [6.45, 7) is 8.19. The minimum absolute atomic E-state index is 0.209. The first-order valence-electron chi connectivity index (χ1n) is 8.96. The van der Waals surface area contributed by atoms with Gasteiger partial charge in [-0.25, -0.2) is 0 Å². The molecular weight excluding hydrogens is 296 g/mol.